The van der Waals surface area contributed by atoms with Crippen molar-refractivity contribution in [3.05, 3.63) is 10.6 Å². The molecule has 0 atom stereocenters. The van der Waals surface area contributed by atoms with Crippen LogP contribution in [0.2, 0.25) is 0 Å². The number of rotatable bonds is 2. The first-order chi connectivity index (χ1) is 3.72. The first-order valence-corrected chi connectivity index (χ1v) is 3.50. The van der Waals surface area contributed by atoms with Crippen LogP contribution in [-0.4, -0.2) is 12.5 Å². The Morgan fingerprint density at radius 3 is 2.25 bits per heavy atom. The van der Waals surface area contributed by atoms with Crippen molar-refractivity contribution in [3.63, 3.8) is 0 Å². The second-order valence-electron chi connectivity index (χ2n) is 1.42. The maximum Gasteiger partial charge on any atom is 0.175 e. The summed E-state index contributed by atoms with van der Waals surface area (Å²) in [6, 6.07) is 0. The monoisotopic (exact) mass is 131 g/mol. The van der Waals surface area contributed by atoms with E-state index in [0.29, 0.717) is 0 Å². The van der Waals surface area contributed by atoms with E-state index in [9.17, 15) is 0 Å². The van der Waals surface area contributed by atoms with Gasteiger partial charge in [0.05, 0.1) is 4.91 Å². The maximum absolute atomic E-state index is 5.41. The summed E-state index contributed by atoms with van der Waals surface area (Å²) in [6.07, 6.45) is 3.45. The van der Waals surface area contributed by atoms with Gasteiger partial charge in [-0.05, 0) is 13.2 Å². The molecule has 0 amide bonds. The van der Waals surface area contributed by atoms with Gasteiger partial charge in [-0.15, -0.1) is 11.8 Å². The Morgan fingerprint density at radius 2 is 2.25 bits per heavy atom. The third-order valence-corrected chi connectivity index (χ3v) is 1.66. The summed E-state index contributed by atoms with van der Waals surface area (Å²) in [6.45, 7) is 1.83. The fourth-order valence-corrected chi connectivity index (χ4v) is 0.819. The molecule has 0 radical (unpaired) electrons. The summed E-state index contributed by atoms with van der Waals surface area (Å²) < 4.78 is 0. The summed E-state index contributed by atoms with van der Waals surface area (Å²) in [4.78, 5) is 0.949. The normalized spacial score (nSPS) is 12.8. The lowest BCUT2D eigenvalue weighted by atomic mass is 10.5. The molecular formula is C5H11N2S+. The minimum Gasteiger partial charge on any atom is -0.401 e. The Balaban J connectivity index is 4.07. The van der Waals surface area contributed by atoms with Crippen molar-refractivity contribution in [2.75, 3.05) is 6.26 Å². The predicted octanol–water partition coefficient (Wildman–Crippen LogP) is -0.630. The molecule has 0 aromatic rings. The van der Waals surface area contributed by atoms with Gasteiger partial charge in [-0.3, -0.25) is 5.41 Å². The molecule has 0 bridgehead atoms. The summed E-state index contributed by atoms with van der Waals surface area (Å²) in [5.74, 6) is 0. The molecular weight excluding hydrogens is 120 g/mol. The Bertz CT molecular complexity index is 114. The summed E-state index contributed by atoms with van der Waals surface area (Å²) in [7, 11) is 0. The molecule has 0 aromatic carbocycles. The smallest absolute Gasteiger partial charge is 0.175 e. The average molecular weight is 131 g/mol. The Morgan fingerprint density at radius 1 is 1.75 bits per heavy atom. The molecule has 0 aliphatic rings. The standard InChI is InChI=1S/C5H10N2S/c1-4(7)5(3-6)8-2/h3,6H,7H2,1-2H3/p+1. The van der Waals surface area contributed by atoms with Crippen LogP contribution in [0.4, 0.5) is 0 Å². The van der Waals surface area contributed by atoms with Crippen LogP contribution in [-0.2, 0) is 0 Å². The zero-order valence-corrected chi connectivity index (χ0v) is 5.96. The van der Waals surface area contributed by atoms with Gasteiger partial charge in [-0.1, -0.05) is 0 Å². The number of thioether (sulfide) groups is 1. The van der Waals surface area contributed by atoms with E-state index in [2.05, 4.69) is 0 Å². The maximum atomic E-state index is 5.41. The molecule has 0 aromatic heterocycles. The molecule has 4 N–H and O–H groups in total. The molecule has 0 spiro atoms. The quantitative estimate of drug-likeness (QED) is 0.490. The van der Waals surface area contributed by atoms with Crippen LogP contribution < -0.4 is 11.1 Å². The number of hydrogen-bond donors (Lipinski definition) is 2. The minimum atomic E-state index is 0.778. The molecule has 0 aliphatic heterocycles. The van der Waals surface area contributed by atoms with Gasteiger partial charge in [0.25, 0.3) is 0 Å². The molecule has 0 fully saturated rings. The van der Waals surface area contributed by atoms with Crippen LogP contribution >= 0.6 is 11.8 Å². The highest BCUT2D eigenvalue weighted by molar-refractivity contribution is 8.03. The van der Waals surface area contributed by atoms with Gasteiger partial charge in [-0.25, -0.2) is 0 Å². The minimum absolute atomic E-state index is 0.778. The molecule has 0 rings (SSSR count). The van der Waals surface area contributed by atoms with Crippen molar-refractivity contribution in [2.24, 2.45) is 5.73 Å². The van der Waals surface area contributed by atoms with Crippen molar-refractivity contribution in [1.29, 1.82) is 0 Å². The number of hydrogen-bond acceptors (Lipinski definition) is 2. The van der Waals surface area contributed by atoms with E-state index in [-0.39, 0.29) is 0 Å². The highest BCUT2D eigenvalue weighted by Crippen LogP contribution is 2.08. The van der Waals surface area contributed by atoms with Crippen molar-refractivity contribution >= 4 is 18.0 Å². The third kappa shape index (κ3) is 2.02. The molecule has 46 valence electrons. The second-order valence-corrected chi connectivity index (χ2v) is 2.27. The Hall–Kier alpha value is -0.440. The molecule has 0 heterocycles. The lowest BCUT2D eigenvalue weighted by Gasteiger charge is -1.92. The first kappa shape index (κ1) is 7.56. The van der Waals surface area contributed by atoms with Crippen molar-refractivity contribution in [3.8, 4) is 0 Å². The highest BCUT2D eigenvalue weighted by Gasteiger charge is 1.93. The van der Waals surface area contributed by atoms with Crippen LogP contribution in [0.3, 0.4) is 0 Å². The van der Waals surface area contributed by atoms with Crippen LogP contribution in [0, 0.1) is 0 Å². The van der Waals surface area contributed by atoms with E-state index in [1.807, 2.05) is 13.2 Å². The molecule has 3 heteroatoms. The van der Waals surface area contributed by atoms with E-state index >= 15 is 0 Å². The molecule has 0 aliphatic carbocycles. The van der Waals surface area contributed by atoms with E-state index in [4.69, 9.17) is 11.1 Å². The molecule has 0 unspecified atom stereocenters. The molecule has 2 nitrogen and oxygen atoms in total. The number of nitrogens with two attached hydrogens (primary N) is 2. The lowest BCUT2D eigenvalue weighted by molar-refractivity contribution is -0.104. The van der Waals surface area contributed by atoms with E-state index in [1.165, 1.54) is 6.21 Å². The topological polar surface area (TPSA) is 51.6 Å². The van der Waals surface area contributed by atoms with Crippen LogP contribution in [0.25, 0.3) is 0 Å². The fourth-order valence-electron chi connectivity index (χ4n) is 0.360. The van der Waals surface area contributed by atoms with Gasteiger partial charge in [0, 0.05) is 5.70 Å². The second kappa shape index (κ2) is 3.55. The fraction of sp³-hybridized carbons (Fsp3) is 0.400. The van der Waals surface area contributed by atoms with Crippen molar-refractivity contribution < 1.29 is 5.41 Å². The largest absolute Gasteiger partial charge is 0.401 e. The Kier molecular flexibility index (Phi) is 3.35. The van der Waals surface area contributed by atoms with E-state index < -0.39 is 0 Å². The number of allylic oxidation sites excluding steroid dienone is 2. The van der Waals surface area contributed by atoms with Gasteiger partial charge in [0.1, 0.15) is 0 Å². The third-order valence-electron chi connectivity index (χ3n) is 0.760. The van der Waals surface area contributed by atoms with Gasteiger partial charge in [0.2, 0.25) is 0 Å². The summed E-state index contributed by atoms with van der Waals surface area (Å²) >= 11 is 1.55. The van der Waals surface area contributed by atoms with Gasteiger partial charge in [-0.2, -0.15) is 0 Å². The lowest BCUT2D eigenvalue weighted by Crippen LogP contribution is -2.30. The molecule has 0 saturated heterocycles. The Labute approximate surface area is 53.7 Å². The SMILES string of the molecule is CSC(C=[NH2+])=C(C)N. The highest BCUT2D eigenvalue weighted by atomic mass is 32.2. The van der Waals surface area contributed by atoms with E-state index in [0.717, 1.165) is 10.6 Å². The van der Waals surface area contributed by atoms with E-state index in [1.54, 1.807) is 11.8 Å². The van der Waals surface area contributed by atoms with Gasteiger partial charge in [0.15, 0.2) is 6.21 Å². The summed E-state index contributed by atoms with van der Waals surface area (Å²) in [5.41, 5.74) is 6.18. The average Bonchev–Trinajstić information content (AvgIpc) is 1.69. The van der Waals surface area contributed by atoms with Crippen molar-refractivity contribution in [1.82, 2.24) is 0 Å². The first-order valence-electron chi connectivity index (χ1n) is 2.27. The van der Waals surface area contributed by atoms with Gasteiger partial charge < -0.3 is 5.73 Å². The van der Waals surface area contributed by atoms with Crippen LogP contribution in [0.1, 0.15) is 6.92 Å². The van der Waals surface area contributed by atoms with Crippen LogP contribution in [0.5, 0.6) is 0 Å². The molecule has 8 heavy (non-hydrogen) atoms. The summed E-state index contributed by atoms with van der Waals surface area (Å²) in [5, 5.41) is 5.20. The zero-order chi connectivity index (χ0) is 6.57. The molecule has 0 saturated carbocycles. The van der Waals surface area contributed by atoms with Crippen molar-refractivity contribution in [2.45, 2.75) is 6.92 Å². The van der Waals surface area contributed by atoms with Gasteiger partial charge >= 0.3 is 0 Å². The predicted molar refractivity (Wildman–Crippen MR) is 38.4 cm³/mol. The zero-order valence-electron chi connectivity index (χ0n) is 5.14. The van der Waals surface area contributed by atoms with Crippen LogP contribution in [0.15, 0.2) is 10.6 Å².